The van der Waals surface area contributed by atoms with Gasteiger partial charge in [-0.15, -0.1) is 0 Å². The van der Waals surface area contributed by atoms with Crippen molar-refractivity contribution in [2.24, 2.45) is 0 Å². The molecular weight excluding hydrogens is 314 g/mol. The number of ether oxygens (including phenoxy) is 2. The molecule has 2 aromatic rings. The molecule has 0 saturated heterocycles. The van der Waals surface area contributed by atoms with Gasteiger partial charge in [0.1, 0.15) is 17.1 Å². The molecule has 1 amide bonds. The molecule has 0 saturated carbocycles. The van der Waals surface area contributed by atoms with Gasteiger partial charge < -0.3 is 14.8 Å². The predicted molar refractivity (Wildman–Crippen MR) is 97.9 cm³/mol. The van der Waals surface area contributed by atoms with Crippen LogP contribution in [0.5, 0.6) is 11.5 Å². The lowest BCUT2D eigenvalue weighted by molar-refractivity contribution is -0.128. The van der Waals surface area contributed by atoms with Gasteiger partial charge >= 0.3 is 0 Å². The van der Waals surface area contributed by atoms with Crippen molar-refractivity contribution in [2.75, 3.05) is 0 Å². The zero-order valence-electron chi connectivity index (χ0n) is 15.2. The van der Waals surface area contributed by atoms with E-state index in [2.05, 4.69) is 5.32 Å². The van der Waals surface area contributed by atoms with Crippen LogP contribution in [0.3, 0.4) is 0 Å². The van der Waals surface area contributed by atoms with E-state index in [-0.39, 0.29) is 17.6 Å². The first-order valence-electron chi connectivity index (χ1n) is 8.66. The molecule has 0 aliphatic carbocycles. The molecule has 1 N–H and O–H groups in total. The maximum Gasteiger partial charge on any atom is 0.261 e. The maximum atomic E-state index is 12.6. The fourth-order valence-corrected chi connectivity index (χ4v) is 3.13. The summed E-state index contributed by atoms with van der Waals surface area (Å²) in [5, 5.41) is 3.13. The van der Waals surface area contributed by atoms with E-state index in [9.17, 15) is 4.79 Å². The van der Waals surface area contributed by atoms with E-state index in [1.807, 2.05) is 69.3 Å². The number of carbonyl (C=O) groups is 1. The van der Waals surface area contributed by atoms with Crippen LogP contribution in [0.25, 0.3) is 0 Å². The number of hydrogen-bond acceptors (Lipinski definition) is 3. The average Bonchev–Trinajstić information content (AvgIpc) is 2.54. The number of amides is 1. The van der Waals surface area contributed by atoms with Crippen LogP contribution >= 0.6 is 0 Å². The summed E-state index contributed by atoms with van der Waals surface area (Å²) in [6.07, 6.45) is 0.148. The maximum absolute atomic E-state index is 12.6. The third kappa shape index (κ3) is 4.13. The van der Waals surface area contributed by atoms with Gasteiger partial charge in [-0.3, -0.25) is 4.79 Å². The van der Waals surface area contributed by atoms with Crippen LogP contribution in [-0.2, 0) is 4.79 Å². The third-order valence-electron chi connectivity index (χ3n) is 4.37. The van der Waals surface area contributed by atoms with Crippen LogP contribution in [0.2, 0.25) is 0 Å². The second-order valence-electron chi connectivity index (χ2n) is 7.24. The molecule has 0 bridgehead atoms. The van der Waals surface area contributed by atoms with Crippen molar-refractivity contribution in [1.29, 1.82) is 0 Å². The summed E-state index contributed by atoms with van der Waals surface area (Å²) in [4.78, 5) is 12.6. The lowest BCUT2D eigenvalue weighted by atomic mass is 9.89. The molecule has 1 aliphatic rings. The molecule has 4 heteroatoms. The van der Waals surface area contributed by atoms with Crippen LogP contribution in [0, 0.1) is 6.92 Å². The first-order valence-corrected chi connectivity index (χ1v) is 8.66. The summed E-state index contributed by atoms with van der Waals surface area (Å²) in [5.74, 6) is 1.41. The van der Waals surface area contributed by atoms with Crippen LogP contribution < -0.4 is 14.8 Å². The Bertz CT molecular complexity index is 755. The second kappa shape index (κ2) is 6.79. The highest BCUT2D eigenvalue weighted by molar-refractivity contribution is 5.81. The number of fused-ring (bicyclic) bond motifs is 1. The van der Waals surface area contributed by atoms with E-state index in [1.165, 1.54) is 0 Å². The first kappa shape index (κ1) is 17.3. The second-order valence-corrected chi connectivity index (χ2v) is 7.24. The number of aryl methyl sites for hydroxylation is 1. The molecule has 132 valence electrons. The van der Waals surface area contributed by atoms with Gasteiger partial charge in [0.2, 0.25) is 0 Å². The van der Waals surface area contributed by atoms with Crippen LogP contribution in [-0.4, -0.2) is 17.6 Å². The third-order valence-corrected chi connectivity index (χ3v) is 4.37. The Morgan fingerprint density at radius 1 is 1.24 bits per heavy atom. The molecule has 2 aromatic carbocycles. The topological polar surface area (TPSA) is 47.6 Å². The van der Waals surface area contributed by atoms with E-state index in [1.54, 1.807) is 6.92 Å². The molecule has 0 unspecified atom stereocenters. The quantitative estimate of drug-likeness (QED) is 0.909. The Balaban J connectivity index is 1.74. The van der Waals surface area contributed by atoms with Crippen molar-refractivity contribution in [3.05, 3.63) is 59.7 Å². The van der Waals surface area contributed by atoms with Crippen molar-refractivity contribution < 1.29 is 14.3 Å². The van der Waals surface area contributed by atoms with E-state index in [4.69, 9.17) is 9.47 Å². The van der Waals surface area contributed by atoms with Crippen molar-refractivity contribution in [3.63, 3.8) is 0 Å². The number of rotatable bonds is 4. The highest BCUT2D eigenvalue weighted by atomic mass is 16.5. The molecular formula is C21H25NO3. The lowest BCUT2D eigenvalue weighted by Gasteiger charge is -2.38. The Kier molecular flexibility index (Phi) is 4.71. The Hall–Kier alpha value is -2.49. The molecule has 4 nitrogen and oxygen atoms in total. The zero-order valence-corrected chi connectivity index (χ0v) is 15.2. The fraction of sp³-hybridized carbons (Fsp3) is 0.381. The Morgan fingerprint density at radius 2 is 1.96 bits per heavy atom. The molecule has 0 aromatic heterocycles. The molecule has 0 radical (unpaired) electrons. The van der Waals surface area contributed by atoms with Gasteiger partial charge in [-0.1, -0.05) is 30.3 Å². The van der Waals surface area contributed by atoms with Crippen molar-refractivity contribution >= 4 is 5.91 Å². The van der Waals surface area contributed by atoms with Gasteiger partial charge in [-0.25, -0.2) is 0 Å². The zero-order chi connectivity index (χ0) is 18.0. The van der Waals surface area contributed by atoms with Gasteiger partial charge in [0.25, 0.3) is 5.91 Å². The Morgan fingerprint density at radius 3 is 2.68 bits per heavy atom. The number of benzene rings is 2. The summed E-state index contributed by atoms with van der Waals surface area (Å²) in [7, 11) is 0. The standard InChI is InChI=1S/C21H25NO3/c1-14-10-11-17-18(13-21(3,4)25-19(17)12-14)22-20(23)15(2)24-16-8-6-5-7-9-16/h5-12,15,18H,13H2,1-4H3,(H,22,23)/t15-,18-/m0/s1. The summed E-state index contributed by atoms with van der Waals surface area (Å²) in [6.45, 7) is 7.89. The van der Waals surface area contributed by atoms with Gasteiger partial charge in [0.15, 0.2) is 6.10 Å². The molecule has 1 heterocycles. The van der Waals surface area contributed by atoms with Gasteiger partial charge in [-0.05, 0) is 51.5 Å². The number of carbonyl (C=O) groups excluding carboxylic acids is 1. The summed E-state index contributed by atoms with van der Waals surface area (Å²) in [6, 6.07) is 15.4. The van der Waals surface area contributed by atoms with Gasteiger partial charge in [0, 0.05) is 12.0 Å². The molecule has 2 atom stereocenters. The molecule has 1 aliphatic heterocycles. The van der Waals surface area contributed by atoms with Crippen LogP contribution in [0.15, 0.2) is 48.5 Å². The molecule has 0 spiro atoms. The fourth-order valence-electron chi connectivity index (χ4n) is 3.13. The smallest absolute Gasteiger partial charge is 0.261 e. The van der Waals surface area contributed by atoms with Gasteiger partial charge in [-0.2, -0.15) is 0 Å². The summed E-state index contributed by atoms with van der Waals surface area (Å²) < 4.78 is 11.8. The molecule has 25 heavy (non-hydrogen) atoms. The first-order chi connectivity index (χ1) is 11.8. The van der Waals surface area contributed by atoms with E-state index in [0.717, 1.165) is 16.9 Å². The van der Waals surface area contributed by atoms with Gasteiger partial charge in [0.05, 0.1) is 6.04 Å². The normalized spacial score (nSPS) is 19.3. The number of para-hydroxylation sites is 1. The Labute approximate surface area is 149 Å². The average molecular weight is 339 g/mol. The summed E-state index contributed by atoms with van der Waals surface area (Å²) in [5.41, 5.74) is 1.83. The number of hydrogen-bond donors (Lipinski definition) is 1. The number of nitrogens with one attached hydrogen (secondary N) is 1. The minimum Gasteiger partial charge on any atom is -0.487 e. The van der Waals surface area contributed by atoms with Crippen molar-refractivity contribution in [2.45, 2.75) is 51.9 Å². The monoisotopic (exact) mass is 339 g/mol. The SMILES string of the molecule is Cc1ccc2c(c1)OC(C)(C)C[C@@H]2NC(=O)[C@H](C)Oc1ccccc1. The summed E-state index contributed by atoms with van der Waals surface area (Å²) >= 11 is 0. The van der Waals surface area contributed by atoms with Crippen molar-refractivity contribution in [1.82, 2.24) is 5.32 Å². The lowest BCUT2D eigenvalue weighted by Crippen LogP contribution is -2.44. The largest absolute Gasteiger partial charge is 0.487 e. The van der Waals surface area contributed by atoms with E-state index >= 15 is 0 Å². The van der Waals surface area contributed by atoms with Crippen LogP contribution in [0.1, 0.15) is 44.4 Å². The minimum absolute atomic E-state index is 0.0892. The van der Waals surface area contributed by atoms with Crippen LogP contribution in [0.4, 0.5) is 0 Å². The molecule has 3 rings (SSSR count). The minimum atomic E-state index is -0.567. The molecule has 0 fully saturated rings. The highest BCUT2D eigenvalue weighted by Crippen LogP contribution is 2.39. The predicted octanol–water partition coefficient (Wildman–Crippen LogP) is 4.18. The van der Waals surface area contributed by atoms with E-state index < -0.39 is 6.10 Å². The highest BCUT2D eigenvalue weighted by Gasteiger charge is 2.35. The van der Waals surface area contributed by atoms with E-state index in [0.29, 0.717) is 12.2 Å². The van der Waals surface area contributed by atoms with Crippen molar-refractivity contribution in [3.8, 4) is 11.5 Å².